The van der Waals surface area contributed by atoms with Crippen LogP contribution in [0, 0.1) is 19.7 Å². The SMILES string of the molecule is CSc1nc2nc(C)c(CC(=O)OCCSc3ccccc3F)c(C)n2n1. The molecule has 3 rings (SSSR count). The molecule has 0 N–H and O–H groups in total. The van der Waals surface area contributed by atoms with Crippen LogP contribution in [0.4, 0.5) is 4.39 Å². The molecule has 27 heavy (non-hydrogen) atoms. The maximum atomic E-state index is 13.6. The van der Waals surface area contributed by atoms with E-state index >= 15 is 0 Å². The van der Waals surface area contributed by atoms with Gasteiger partial charge in [-0.3, -0.25) is 4.79 Å². The van der Waals surface area contributed by atoms with Crippen LogP contribution in [0.2, 0.25) is 0 Å². The van der Waals surface area contributed by atoms with E-state index in [-0.39, 0.29) is 24.8 Å². The van der Waals surface area contributed by atoms with Crippen LogP contribution in [-0.2, 0) is 16.0 Å². The van der Waals surface area contributed by atoms with Gasteiger partial charge in [0.15, 0.2) is 0 Å². The summed E-state index contributed by atoms with van der Waals surface area (Å²) in [6.07, 6.45) is 2.01. The van der Waals surface area contributed by atoms with Crippen molar-refractivity contribution >= 4 is 35.3 Å². The van der Waals surface area contributed by atoms with Crippen molar-refractivity contribution in [2.75, 3.05) is 18.6 Å². The molecule has 142 valence electrons. The predicted octanol–water partition coefficient (Wildman–Crippen LogP) is 3.48. The molecule has 0 amide bonds. The van der Waals surface area contributed by atoms with Crippen molar-refractivity contribution in [3.8, 4) is 0 Å². The molecule has 0 saturated carbocycles. The number of aryl methyl sites for hydroxylation is 2. The molecule has 6 nitrogen and oxygen atoms in total. The third-order valence-corrected chi connectivity index (χ3v) is 5.52. The Kier molecular flexibility index (Phi) is 6.33. The number of halogens is 1. The van der Waals surface area contributed by atoms with Crippen LogP contribution in [0.3, 0.4) is 0 Å². The Labute approximate surface area is 164 Å². The Balaban J connectivity index is 1.60. The van der Waals surface area contributed by atoms with E-state index in [2.05, 4.69) is 15.1 Å². The summed E-state index contributed by atoms with van der Waals surface area (Å²) in [5, 5.41) is 5.01. The van der Waals surface area contributed by atoms with Crippen molar-refractivity contribution in [2.24, 2.45) is 0 Å². The van der Waals surface area contributed by atoms with Gasteiger partial charge in [-0.1, -0.05) is 23.9 Å². The minimum absolute atomic E-state index is 0.111. The monoisotopic (exact) mass is 406 g/mol. The smallest absolute Gasteiger partial charge is 0.310 e. The lowest BCUT2D eigenvalue weighted by Gasteiger charge is -2.10. The summed E-state index contributed by atoms with van der Waals surface area (Å²) in [5.41, 5.74) is 2.34. The van der Waals surface area contributed by atoms with Gasteiger partial charge in [-0.05, 0) is 32.2 Å². The zero-order valence-corrected chi connectivity index (χ0v) is 16.9. The summed E-state index contributed by atoms with van der Waals surface area (Å²) in [6, 6.07) is 6.54. The lowest BCUT2D eigenvalue weighted by molar-refractivity contribution is -0.142. The fraction of sp³-hybridized carbons (Fsp3) is 0.333. The van der Waals surface area contributed by atoms with E-state index in [1.54, 1.807) is 22.7 Å². The number of carbonyl (C=O) groups is 1. The Hall–Kier alpha value is -2.13. The number of hydrogen-bond donors (Lipinski definition) is 0. The number of ether oxygens (including phenoxy) is 1. The molecule has 0 aliphatic heterocycles. The molecule has 0 bridgehead atoms. The minimum Gasteiger partial charge on any atom is -0.465 e. The maximum Gasteiger partial charge on any atom is 0.310 e. The number of rotatable bonds is 7. The van der Waals surface area contributed by atoms with E-state index in [1.807, 2.05) is 20.1 Å². The molecule has 0 unspecified atom stereocenters. The molecule has 3 aromatic rings. The van der Waals surface area contributed by atoms with E-state index in [1.165, 1.54) is 29.6 Å². The second-order valence-corrected chi connectivity index (χ2v) is 7.66. The van der Waals surface area contributed by atoms with Crippen molar-refractivity contribution in [1.82, 2.24) is 19.6 Å². The number of aromatic nitrogens is 4. The highest BCUT2D eigenvalue weighted by Gasteiger charge is 2.16. The first-order chi connectivity index (χ1) is 13.0. The van der Waals surface area contributed by atoms with Gasteiger partial charge in [0.1, 0.15) is 12.4 Å². The van der Waals surface area contributed by atoms with Crippen LogP contribution >= 0.6 is 23.5 Å². The number of hydrogen-bond acceptors (Lipinski definition) is 7. The number of thioether (sulfide) groups is 2. The number of nitrogens with zero attached hydrogens (tertiary/aromatic N) is 4. The molecule has 9 heteroatoms. The van der Waals surface area contributed by atoms with Crippen LogP contribution < -0.4 is 0 Å². The Bertz CT molecular complexity index is 977. The first-order valence-corrected chi connectivity index (χ1v) is 10.5. The molecule has 2 heterocycles. The molecule has 0 spiro atoms. The fourth-order valence-electron chi connectivity index (χ4n) is 2.60. The molecule has 0 radical (unpaired) electrons. The molecular formula is C18H19FN4O2S2. The summed E-state index contributed by atoms with van der Waals surface area (Å²) in [5.74, 6) is 0.397. The lowest BCUT2D eigenvalue weighted by atomic mass is 10.1. The maximum absolute atomic E-state index is 13.6. The standard InChI is InChI=1S/C18H19FN4O2S2/c1-11-13(12(2)23-17(20-11)21-18(22-23)26-3)10-16(24)25-8-9-27-15-7-5-4-6-14(15)19/h4-7H,8-10H2,1-3H3. The van der Waals surface area contributed by atoms with Crippen molar-refractivity contribution in [1.29, 1.82) is 0 Å². The van der Waals surface area contributed by atoms with Gasteiger partial charge >= 0.3 is 5.97 Å². The van der Waals surface area contributed by atoms with Crippen LogP contribution in [0.1, 0.15) is 17.0 Å². The number of esters is 1. The fourth-order valence-corrected chi connectivity index (χ4v) is 3.70. The van der Waals surface area contributed by atoms with Gasteiger partial charge in [-0.15, -0.1) is 16.9 Å². The molecule has 0 saturated heterocycles. The predicted molar refractivity (Wildman–Crippen MR) is 104 cm³/mol. The lowest BCUT2D eigenvalue weighted by Crippen LogP contribution is -2.14. The molecule has 1 aromatic carbocycles. The topological polar surface area (TPSA) is 69.4 Å². The number of carbonyl (C=O) groups excluding carboxylic acids is 1. The van der Waals surface area contributed by atoms with Crippen LogP contribution in [0.25, 0.3) is 5.78 Å². The summed E-state index contributed by atoms with van der Waals surface area (Å²) in [4.78, 5) is 21.5. The number of benzene rings is 1. The summed E-state index contributed by atoms with van der Waals surface area (Å²) < 4.78 is 20.5. The average Bonchev–Trinajstić information content (AvgIpc) is 3.07. The van der Waals surface area contributed by atoms with Crippen LogP contribution in [0.15, 0.2) is 34.3 Å². The Morgan fingerprint density at radius 3 is 2.78 bits per heavy atom. The second kappa shape index (κ2) is 8.71. The van der Waals surface area contributed by atoms with Gasteiger partial charge in [0.05, 0.1) is 6.42 Å². The van der Waals surface area contributed by atoms with Gasteiger partial charge in [0.2, 0.25) is 5.16 Å². The highest BCUT2D eigenvalue weighted by molar-refractivity contribution is 7.99. The highest BCUT2D eigenvalue weighted by atomic mass is 32.2. The van der Waals surface area contributed by atoms with E-state index < -0.39 is 0 Å². The van der Waals surface area contributed by atoms with Crippen LogP contribution in [-0.4, -0.2) is 44.2 Å². The van der Waals surface area contributed by atoms with Crippen molar-refractivity contribution in [3.05, 3.63) is 47.0 Å². The van der Waals surface area contributed by atoms with E-state index in [4.69, 9.17) is 4.74 Å². The second-order valence-electron chi connectivity index (χ2n) is 5.75. The third kappa shape index (κ3) is 4.59. The Morgan fingerprint density at radius 1 is 1.26 bits per heavy atom. The van der Waals surface area contributed by atoms with Gasteiger partial charge < -0.3 is 4.74 Å². The average molecular weight is 407 g/mol. The summed E-state index contributed by atoms with van der Waals surface area (Å²) >= 11 is 2.76. The first-order valence-electron chi connectivity index (χ1n) is 8.29. The molecular weight excluding hydrogens is 387 g/mol. The van der Waals surface area contributed by atoms with E-state index in [9.17, 15) is 9.18 Å². The summed E-state index contributed by atoms with van der Waals surface area (Å²) in [6.45, 7) is 3.94. The van der Waals surface area contributed by atoms with Crippen molar-refractivity contribution in [3.63, 3.8) is 0 Å². The van der Waals surface area contributed by atoms with Gasteiger partial charge in [-0.2, -0.15) is 4.98 Å². The zero-order chi connectivity index (χ0) is 19.4. The first kappa shape index (κ1) is 19.6. The molecule has 2 aromatic heterocycles. The van der Waals surface area contributed by atoms with E-state index in [0.717, 1.165) is 17.0 Å². The van der Waals surface area contributed by atoms with Crippen LogP contribution in [0.5, 0.6) is 0 Å². The van der Waals surface area contributed by atoms with Gasteiger partial charge in [0, 0.05) is 27.6 Å². The van der Waals surface area contributed by atoms with Gasteiger partial charge in [-0.25, -0.2) is 13.9 Å². The van der Waals surface area contributed by atoms with Crippen molar-refractivity contribution < 1.29 is 13.9 Å². The largest absolute Gasteiger partial charge is 0.465 e. The third-order valence-electron chi connectivity index (χ3n) is 3.97. The quantitative estimate of drug-likeness (QED) is 0.338. The van der Waals surface area contributed by atoms with E-state index in [0.29, 0.717) is 21.6 Å². The minimum atomic E-state index is -0.346. The molecule has 0 fully saturated rings. The number of fused-ring (bicyclic) bond motifs is 1. The normalized spacial score (nSPS) is 11.1. The zero-order valence-electron chi connectivity index (χ0n) is 15.2. The van der Waals surface area contributed by atoms with Crippen molar-refractivity contribution in [2.45, 2.75) is 30.3 Å². The molecule has 0 aliphatic rings. The molecule has 0 atom stereocenters. The molecule has 0 aliphatic carbocycles. The van der Waals surface area contributed by atoms with Gasteiger partial charge in [0.25, 0.3) is 5.78 Å². The summed E-state index contributed by atoms with van der Waals surface area (Å²) in [7, 11) is 0. The Morgan fingerprint density at radius 2 is 2.04 bits per heavy atom. The highest BCUT2D eigenvalue weighted by Crippen LogP contribution is 2.21.